The summed E-state index contributed by atoms with van der Waals surface area (Å²) in [5, 5.41) is 3.25. The lowest BCUT2D eigenvalue weighted by Crippen LogP contribution is -2.11. The molecule has 0 spiro atoms. The highest BCUT2D eigenvalue weighted by atomic mass is 19.1. The maximum atomic E-state index is 15.5. The molecule has 2 aromatic carbocycles. The number of unbranched alkanes of at least 4 members (excludes halogenated alkanes) is 1. The van der Waals surface area contributed by atoms with Crippen LogP contribution >= 0.6 is 0 Å². The normalized spacial score (nSPS) is 15.2. The van der Waals surface area contributed by atoms with E-state index in [1.165, 1.54) is 37.6 Å². The second-order valence-corrected chi connectivity index (χ2v) is 9.16. The maximum Gasteiger partial charge on any atom is 0.133 e. The fourth-order valence-corrected chi connectivity index (χ4v) is 5.28. The third kappa shape index (κ3) is 4.62. The van der Waals surface area contributed by atoms with Gasteiger partial charge in [0, 0.05) is 11.6 Å². The third-order valence-electron chi connectivity index (χ3n) is 6.97. The molecule has 0 aliphatic heterocycles. The average Bonchev–Trinajstić information content (AvgIpc) is 3.26. The predicted octanol–water partition coefficient (Wildman–Crippen LogP) is 8.67. The van der Waals surface area contributed by atoms with Crippen molar-refractivity contribution in [3.05, 3.63) is 66.4 Å². The van der Waals surface area contributed by atoms with Gasteiger partial charge in [-0.1, -0.05) is 58.3 Å². The molecule has 1 heterocycles. The second-order valence-electron chi connectivity index (χ2n) is 9.16. The van der Waals surface area contributed by atoms with E-state index in [2.05, 4.69) is 54.6 Å². The van der Waals surface area contributed by atoms with Gasteiger partial charge >= 0.3 is 0 Å². The molecule has 1 aliphatic carbocycles. The fraction of sp³-hybridized carbons (Fsp3) is 0.414. The first-order valence-corrected chi connectivity index (χ1v) is 12.5. The summed E-state index contributed by atoms with van der Waals surface area (Å²) in [5.74, 6) is -0.204. The third-order valence-corrected chi connectivity index (χ3v) is 6.97. The molecule has 174 valence electrons. The monoisotopic (exact) mass is 445 g/mol. The molecule has 3 nitrogen and oxygen atoms in total. The number of aromatic nitrogens is 2. The number of nitrogens with one attached hydrogen (secondary N) is 1. The number of hydrogen-bond acceptors (Lipinski definition) is 2. The Morgan fingerprint density at radius 3 is 2.70 bits per heavy atom. The minimum atomic E-state index is -0.204. The first-order valence-electron chi connectivity index (χ1n) is 12.5. The van der Waals surface area contributed by atoms with E-state index in [-0.39, 0.29) is 5.82 Å². The van der Waals surface area contributed by atoms with Crippen LogP contribution < -0.4 is 5.32 Å². The molecule has 1 aliphatic rings. The summed E-state index contributed by atoms with van der Waals surface area (Å²) < 4.78 is 17.9. The van der Waals surface area contributed by atoms with Gasteiger partial charge < -0.3 is 9.88 Å². The van der Waals surface area contributed by atoms with Crippen molar-refractivity contribution in [1.82, 2.24) is 9.55 Å². The van der Waals surface area contributed by atoms with Crippen LogP contribution in [0.3, 0.4) is 0 Å². The molecular formula is C29H36FN3. The van der Waals surface area contributed by atoms with E-state index in [1.54, 1.807) is 12.3 Å². The van der Waals surface area contributed by atoms with E-state index in [0.29, 0.717) is 11.6 Å². The van der Waals surface area contributed by atoms with Crippen molar-refractivity contribution in [1.29, 1.82) is 0 Å². The highest BCUT2D eigenvalue weighted by Gasteiger charge is 2.21. The lowest BCUT2D eigenvalue weighted by Gasteiger charge is -2.23. The molecule has 1 N–H and O–H groups in total. The van der Waals surface area contributed by atoms with Gasteiger partial charge in [0.1, 0.15) is 5.82 Å². The molecular weight excluding hydrogens is 409 g/mol. The van der Waals surface area contributed by atoms with E-state index in [4.69, 9.17) is 4.98 Å². The standard InChI is InChI=1S/C29H36FN3/c1-5-8-12-20(4)28-25(30)18-24(23(6-2)29(28)31-7-3)21-15-16-27-26(17-21)32-19-33(27)22-13-10-9-11-14-22/h7,12,15-19,22,31H,3,5-6,8-11,13-14H2,1-2,4H3/b20-12+. The number of hydrogen-bond donors (Lipinski definition) is 1. The summed E-state index contributed by atoms with van der Waals surface area (Å²) in [4.78, 5) is 4.72. The van der Waals surface area contributed by atoms with E-state index in [1.807, 2.05) is 13.3 Å². The van der Waals surface area contributed by atoms with Gasteiger partial charge in [0.2, 0.25) is 0 Å². The molecule has 33 heavy (non-hydrogen) atoms. The van der Waals surface area contributed by atoms with Crippen molar-refractivity contribution in [3.8, 4) is 11.1 Å². The number of allylic oxidation sites excluding steroid dienone is 2. The topological polar surface area (TPSA) is 29.9 Å². The smallest absolute Gasteiger partial charge is 0.133 e. The number of halogens is 1. The van der Waals surface area contributed by atoms with Gasteiger partial charge in [-0.3, -0.25) is 0 Å². The van der Waals surface area contributed by atoms with Crippen molar-refractivity contribution < 1.29 is 4.39 Å². The van der Waals surface area contributed by atoms with Gasteiger partial charge in [-0.05, 0) is 79.3 Å². The fourth-order valence-electron chi connectivity index (χ4n) is 5.28. The molecule has 4 rings (SSSR count). The molecule has 0 atom stereocenters. The van der Waals surface area contributed by atoms with E-state index in [0.717, 1.165) is 52.7 Å². The van der Waals surface area contributed by atoms with Crippen LogP contribution in [0.25, 0.3) is 27.7 Å². The van der Waals surface area contributed by atoms with Crippen LogP contribution in [-0.2, 0) is 6.42 Å². The van der Waals surface area contributed by atoms with Gasteiger partial charge in [-0.2, -0.15) is 0 Å². The largest absolute Gasteiger partial charge is 0.361 e. The minimum Gasteiger partial charge on any atom is -0.361 e. The predicted molar refractivity (Wildman–Crippen MR) is 139 cm³/mol. The van der Waals surface area contributed by atoms with Gasteiger partial charge in [-0.15, -0.1) is 0 Å². The van der Waals surface area contributed by atoms with Gasteiger partial charge in [0.05, 0.1) is 23.0 Å². The quantitative estimate of drug-likeness (QED) is 0.376. The zero-order valence-corrected chi connectivity index (χ0v) is 20.3. The summed E-state index contributed by atoms with van der Waals surface area (Å²) in [6.45, 7) is 10.1. The van der Waals surface area contributed by atoms with Crippen molar-refractivity contribution in [3.63, 3.8) is 0 Å². The van der Waals surface area contributed by atoms with Crippen LogP contribution in [0.2, 0.25) is 0 Å². The zero-order valence-electron chi connectivity index (χ0n) is 20.3. The molecule has 1 aromatic heterocycles. The van der Waals surface area contributed by atoms with E-state index < -0.39 is 0 Å². The molecule has 1 saturated carbocycles. The Morgan fingerprint density at radius 2 is 2.00 bits per heavy atom. The summed E-state index contributed by atoms with van der Waals surface area (Å²) in [5.41, 5.74) is 7.59. The van der Waals surface area contributed by atoms with Gasteiger partial charge in [0.15, 0.2) is 0 Å². The van der Waals surface area contributed by atoms with Gasteiger partial charge in [0.25, 0.3) is 0 Å². The Morgan fingerprint density at radius 1 is 1.21 bits per heavy atom. The Hall–Kier alpha value is -2.88. The van der Waals surface area contributed by atoms with Crippen LogP contribution in [0.5, 0.6) is 0 Å². The van der Waals surface area contributed by atoms with Gasteiger partial charge in [-0.25, -0.2) is 9.37 Å². The molecule has 0 amide bonds. The highest BCUT2D eigenvalue weighted by molar-refractivity contribution is 5.88. The first kappa shape index (κ1) is 23.3. The number of fused-ring (bicyclic) bond motifs is 1. The number of nitrogens with zero attached hydrogens (tertiary/aromatic N) is 2. The van der Waals surface area contributed by atoms with Crippen molar-refractivity contribution >= 4 is 22.3 Å². The molecule has 1 fully saturated rings. The van der Waals surface area contributed by atoms with Crippen LogP contribution in [0.15, 0.2) is 49.4 Å². The molecule has 3 aromatic rings. The lowest BCUT2D eigenvalue weighted by atomic mass is 9.90. The molecule has 0 radical (unpaired) electrons. The molecule has 0 saturated heterocycles. The summed E-state index contributed by atoms with van der Waals surface area (Å²) in [6, 6.07) is 8.63. The molecule has 0 bridgehead atoms. The summed E-state index contributed by atoms with van der Waals surface area (Å²) in [6.07, 6.45) is 14.9. The number of rotatable bonds is 8. The van der Waals surface area contributed by atoms with Crippen LogP contribution in [0.1, 0.15) is 82.9 Å². The van der Waals surface area contributed by atoms with E-state index >= 15 is 4.39 Å². The lowest BCUT2D eigenvalue weighted by molar-refractivity contribution is 0.359. The Bertz CT molecular complexity index is 1170. The van der Waals surface area contributed by atoms with E-state index in [9.17, 15) is 0 Å². The van der Waals surface area contributed by atoms with Crippen LogP contribution in [0.4, 0.5) is 10.1 Å². The van der Waals surface area contributed by atoms with Crippen molar-refractivity contribution in [2.45, 2.75) is 78.2 Å². The summed E-state index contributed by atoms with van der Waals surface area (Å²) in [7, 11) is 0. The first-order chi connectivity index (χ1) is 16.1. The highest BCUT2D eigenvalue weighted by Crippen LogP contribution is 2.39. The van der Waals surface area contributed by atoms with Crippen LogP contribution in [0, 0.1) is 5.82 Å². The Kier molecular flexibility index (Phi) is 7.32. The maximum absolute atomic E-state index is 15.5. The molecule has 0 unspecified atom stereocenters. The van der Waals surface area contributed by atoms with Crippen molar-refractivity contribution in [2.75, 3.05) is 5.32 Å². The minimum absolute atomic E-state index is 0.204. The zero-order chi connectivity index (χ0) is 23.4. The average molecular weight is 446 g/mol. The number of benzene rings is 2. The second kappa shape index (κ2) is 10.4. The summed E-state index contributed by atoms with van der Waals surface area (Å²) >= 11 is 0. The number of imidazole rings is 1. The van der Waals surface area contributed by atoms with Crippen molar-refractivity contribution in [2.24, 2.45) is 0 Å². The van der Waals surface area contributed by atoms with Crippen LogP contribution in [-0.4, -0.2) is 9.55 Å². The SMILES string of the molecule is C=CNc1c(CC)c(-c2ccc3c(c2)ncn3C2CCCCC2)cc(F)c1/C(C)=C/CCC. The number of anilines is 1. The Balaban J connectivity index is 1.82. The molecule has 4 heteroatoms. The Labute approximate surface area is 197 Å².